The van der Waals surface area contributed by atoms with Gasteiger partial charge in [0.15, 0.2) is 0 Å². The molecule has 0 aromatic heterocycles. The molecular formula is C34H43N3. The first kappa shape index (κ1) is 26.6. The fraction of sp³-hybridized carbons (Fsp3) is 0.353. The molecule has 0 saturated carbocycles. The molecule has 3 nitrogen and oxygen atoms in total. The zero-order valence-corrected chi connectivity index (χ0v) is 23.5. The minimum Gasteiger partial charge on any atom is -0.385 e. The molecule has 0 saturated heterocycles. The number of anilines is 2. The van der Waals surface area contributed by atoms with Gasteiger partial charge in [-0.25, -0.2) is 0 Å². The monoisotopic (exact) mass is 493 g/mol. The lowest BCUT2D eigenvalue weighted by Crippen LogP contribution is -2.22. The van der Waals surface area contributed by atoms with E-state index in [1.54, 1.807) is 0 Å². The number of rotatable bonds is 10. The summed E-state index contributed by atoms with van der Waals surface area (Å²) in [5.41, 5.74) is 11.7. The highest BCUT2D eigenvalue weighted by Gasteiger charge is 2.26. The van der Waals surface area contributed by atoms with Gasteiger partial charge in [-0.2, -0.15) is 0 Å². The maximum absolute atomic E-state index is 3.57. The Labute approximate surface area is 224 Å². The molecule has 4 rings (SSSR count). The van der Waals surface area contributed by atoms with Crippen molar-refractivity contribution in [1.29, 1.82) is 0 Å². The fourth-order valence-corrected chi connectivity index (χ4v) is 5.65. The lowest BCUT2D eigenvalue weighted by atomic mass is 9.77. The average molecular weight is 494 g/mol. The second-order valence-corrected chi connectivity index (χ2v) is 9.68. The van der Waals surface area contributed by atoms with E-state index in [1.807, 2.05) is 0 Å². The van der Waals surface area contributed by atoms with E-state index in [0.29, 0.717) is 0 Å². The van der Waals surface area contributed by atoms with Crippen LogP contribution < -0.4 is 15.1 Å². The molecule has 37 heavy (non-hydrogen) atoms. The molecule has 2 aliphatic carbocycles. The van der Waals surface area contributed by atoms with Crippen LogP contribution in [-0.2, 0) is 0 Å². The van der Waals surface area contributed by atoms with Crippen LogP contribution in [0.5, 0.6) is 0 Å². The summed E-state index contributed by atoms with van der Waals surface area (Å²) >= 11 is 0. The largest absolute Gasteiger partial charge is 0.385 e. The highest BCUT2D eigenvalue weighted by atomic mass is 15.1. The van der Waals surface area contributed by atoms with Crippen LogP contribution in [0.4, 0.5) is 11.4 Å². The smallest absolute Gasteiger partial charge is 0.0382 e. The molecule has 3 heteroatoms. The summed E-state index contributed by atoms with van der Waals surface area (Å²) in [7, 11) is 0. The minimum absolute atomic E-state index is 0.225. The van der Waals surface area contributed by atoms with Gasteiger partial charge >= 0.3 is 0 Å². The van der Waals surface area contributed by atoms with Crippen molar-refractivity contribution in [2.45, 2.75) is 41.5 Å². The first-order chi connectivity index (χ1) is 18.1. The SMILES string of the molecule is CCNC1=C2C=CC=CC2/C(=C(\c2ccc(N(CC)CC)cc2)c2ccc(N(CC)CC)cc2C)C=C1. The molecule has 0 spiro atoms. The van der Waals surface area contributed by atoms with Crippen LogP contribution in [0, 0.1) is 12.8 Å². The molecular weight excluding hydrogens is 450 g/mol. The average Bonchev–Trinajstić information content (AvgIpc) is 2.93. The van der Waals surface area contributed by atoms with Crippen LogP contribution in [0.25, 0.3) is 5.57 Å². The second kappa shape index (κ2) is 12.2. The van der Waals surface area contributed by atoms with Crippen LogP contribution in [0.3, 0.4) is 0 Å². The third kappa shape index (κ3) is 5.46. The molecule has 0 heterocycles. The molecule has 2 aromatic carbocycles. The highest BCUT2D eigenvalue weighted by Crippen LogP contribution is 2.41. The van der Waals surface area contributed by atoms with Gasteiger partial charge in [-0.1, -0.05) is 48.6 Å². The third-order valence-corrected chi connectivity index (χ3v) is 7.65. The summed E-state index contributed by atoms with van der Waals surface area (Å²) in [6.45, 7) is 18.3. The normalized spacial score (nSPS) is 17.6. The van der Waals surface area contributed by atoms with Gasteiger partial charge in [0.25, 0.3) is 0 Å². The Hall–Kier alpha value is -3.46. The zero-order valence-electron chi connectivity index (χ0n) is 23.5. The topological polar surface area (TPSA) is 18.5 Å². The van der Waals surface area contributed by atoms with E-state index in [9.17, 15) is 0 Å². The summed E-state index contributed by atoms with van der Waals surface area (Å²) < 4.78 is 0. The third-order valence-electron chi connectivity index (χ3n) is 7.65. The summed E-state index contributed by atoms with van der Waals surface area (Å²) in [4.78, 5) is 4.82. The van der Waals surface area contributed by atoms with Crippen LogP contribution in [-0.4, -0.2) is 32.7 Å². The Morgan fingerprint density at radius 3 is 2.03 bits per heavy atom. The lowest BCUT2D eigenvalue weighted by Gasteiger charge is -2.29. The van der Waals surface area contributed by atoms with Crippen LogP contribution >= 0.6 is 0 Å². The van der Waals surface area contributed by atoms with E-state index < -0.39 is 0 Å². The molecule has 2 aliphatic rings. The predicted molar refractivity (Wildman–Crippen MR) is 162 cm³/mol. The van der Waals surface area contributed by atoms with Crippen molar-refractivity contribution >= 4 is 16.9 Å². The molecule has 1 atom stereocenters. The number of nitrogens with zero attached hydrogens (tertiary/aromatic N) is 2. The van der Waals surface area contributed by atoms with Crippen LogP contribution in [0.2, 0.25) is 0 Å². The van der Waals surface area contributed by atoms with Gasteiger partial charge in [-0.15, -0.1) is 0 Å². The summed E-state index contributed by atoms with van der Waals surface area (Å²) in [6.07, 6.45) is 13.6. The van der Waals surface area contributed by atoms with Crippen molar-refractivity contribution in [3.05, 3.63) is 112 Å². The first-order valence-electron chi connectivity index (χ1n) is 14.0. The number of benzene rings is 2. The van der Waals surface area contributed by atoms with E-state index in [-0.39, 0.29) is 5.92 Å². The van der Waals surface area contributed by atoms with Crippen molar-refractivity contribution in [3.63, 3.8) is 0 Å². The van der Waals surface area contributed by atoms with Gasteiger partial charge in [0, 0.05) is 55.7 Å². The lowest BCUT2D eigenvalue weighted by molar-refractivity contribution is 0.816. The van der Waals surface area contributed by atoms with Crippen molar-refractivity contribution in [3.8, 4) is 0 Å². The number of hydrogen-bond acceptors (Lipinski definition) is 3. The number of allylic oxidation sites excluding steroid dienone is 8. The van der Waals surface area contributed by atoms with Crippen LogP contribution in [0.1, 0.15) is 51.3 Å². The molecule has 0 fully saturated rings. The Morgan fingerprint density at radius 1 is 0.757 bits per heavy atom. The van der Waals surface area contributed by atoms with E-state index in [1.165, 1.54) is 50.5 Å². The van der Waals surface area contributed by atoms with Gasteiger partial charge < -0.3 is 15.1 Å². The molecule has 1 unspecified atom stereocenters. The zero-order chi connectivity index (χ0) is 26.4. The molecule has 0 amide bonds. The molecule has 0 bridgehead atoms. The van der Waals surface area contributed by atoms with Gasteiger partial charge in [-0.05, 0) is 105 Å². The number of nitrogens with one attached hydrogen (secondary N) is 1. The maximum Gasteiger partial charge on any atom is 0.0382 e. The van der Waals surface area contributed by atoms with Gasteiger partial charge in [0.1, 0.15) is 0 Å². The summed E-state index contributed by atoms with van der Waals surface area (Å²) in [5, 5.41) is 3.57. The van der Waals surface area contributed by atoms with Crippen molar-refractivity contribution < 1.29 is 0 Å². The van der Waals surface area contributed by atoms with Crippen LogP contribution in [0.15, 0.2) is 95.8 Å². The predicted octanol–water partition coefficient (Wildman–Crippen LogP) is 7.66. The van der Waals surface area contributed by atoms with E-state index in [4.69, 9.17) is 0 Å². The van der Waals surface area contributed by atoms with Gasteiger partial charge in [0.05, 0.1) is 0 Å². The highest BCUT2D eigenvalue weighted by molar-refractivity contribution is 5.88. The minimum atomic E-state index is 0.225. The van der Waals surface area contributed by atoms with Crippen molar-refractivity contribution in [1.82, 2.24) is 5.32 Å². The molecule has 0 radical (unpaired) electrons. The Balaban J connectivity index is 1.90. The van der Waals surface area contributed by atoms with Crippen molar-refractivity contribution in [2.75, 3.05) is 42.5 Å². The number of aryl methyl sites for hydroxylation is 1. The quantitative estimate of drug-likeness (QED) is 0.366. The number of fused-ring (bicyclic) bond motifs is 1. The summed E-state index contributed by atoms with van der Waals surface area (Å²) in [6, 6.07) is 16.2. The van der Waals surface area contributed by atoms with Gasteiger partial charge in [-0.3, -0.25) is 0 Å². The molecule has 194 valence electrons. The number of hydrogen-bond donors (Lipinski definition) is 1. The maximum atomic E-state index is 3.57. The molecule has 1 N–H and O–H groups in total. The van der Waals surface area contributed by atoms with Gasteiger partial charge in [0.2, 0.25) is 0 Å². The van der Waals surface area contributed by atoms with E-state index >= 15 is 0 Å². The first-order valence-corrected chi connectivity index (χ1v) is 14.0. The fourth-order valence-electron chi connectivity index (χ4n) is 5.65. The van der Waals surface area contributed by atoms with E-state index in [0.717, 1.165) is 32.7 Å². The second-order valence-electron chi connectivity index (χ2n) is 9.68. The Kier molecular flexibility index (Phi) is 8.76. The van der Waals surface area contributed by atoms with E-state index in [2.05, 4.69) is 136 Å². The Bertz CT molecular complexity index is 1230. The summed E-state index contributed by atoms with van der Waals surface area (Å²) in [5.74, 6) is 0.225. The molecule has 0 aliphatic heterocycles. The Morgan fingerprint density at radius 2 is 1.41 bits per heavy atom. The standard InChI is InChI=1S/C34H43N3/c1-7-35-33-23-22-32(30-14-12-13-15-31(30)33)34(26-16-18-27(19-17-26)36(8-2)9-3)29-21-20-28(24-25(29)6)37(10-4)11-5/h12-24,30,35H,7-11H2,1-6H3/b34-32+. The molecule has 2 aromatic rings. The number of likely N-dealkylation sites (N-methyl/N-ethyl adjacent to an activating group) is 1. The van der Waals surface area contributed by atoms with Crippen molar-refractivity contribution in [2.24, 2.45) is 5.92 Å².